The second-order valence-electron chi connectivity index (χ2n) is 6.94. The molecule has 0 saturated carbocycles. The molecule has 1 amide bonds. The lowest BCUT2D eigenvalue weighted by Gasteiger charge is -2.16. The number of amides is 1. The minimum absolute atomic E-state index is 0.0196. The van der Waals surface area contributed by atoms with E-state index in [2.05, 4.69) is 57.3 Å². The number of hydrogen-bond donors (Lipinski definition) is 1. The summed E-state index contributed by atoms with van der Waals surface area (Å²) in [5.41, 5.74) is 6.22. The molecule has 0 aliphatic carbocycles. The Bertz CT molecular complexity index is 737. The van der Waals surface area contributed by atoms with Crippen molar-refractivity contribution in [2.75, 3.05) is 6.61 Å². The van der Waals surface area contributed by atoms with Crippen molar-refractivity contribution in [2.24, 2.45) is 0 Å². The van der Waals surface area contributed by atoms with Gasteiger partial charge in [-0.25, -0.2) is 0 Å². The van der Waals surface area contributed by atoms with E-state index < -0.39 is 0 Å². The topological polar surface area (TPSA) is 38.3 Å². The first-order valence-electron chi connectivity index (χ1n) is 8.90. The lowest BCUT2D eigenvalue weighted by molar-refractivity contribution is -0.121. The van der Waals surface area contributed by atoms with Crippen molar-refractivity contribution < 1.29 is 9.53 Å². The van der Waals surface area contributed by atoms with Gasteiger partial charge in [0.05, 0.1) is 6.04 Å². The van der Waals surface area contributed by atoms with Crippen LogP contribution >= 0.6 is 0 Å². The van der Waals surface area contributed by atoms with E-state index in [0.717, 1.165) is 12.2 Å². The Balaban J connectivity index is 1.75. The molecule has 3 heteroatoms. The Morgan fingerprint density at radius 1 is 0.960 bits per heavy atom. The third kappa shape index (κ3) is 5.93. The van der Waals surface area contributed by atoms with Crippen molar-refractivity contribution in [3.05, 3.63) is 64.2 Å². The third-order valence-corrected chi connectivity index (χ3v) is 4.60. The van der Waals surface area contributed by atoms with Gasteiger partial charge in [0.15, 0.2) is 0 Å². The zero-order valence-electron chi connectivity index (χ0n) is 16.0. The Morgan fingerprint density at radius 3 is 2.24 bits per heavy atom. The zero-order chi connectivity index (χ0) is 18.4. The number of ether oxygens (including phenoxy) is 1. The number of aryl methyl sites for hydroxylation is 5. The van der Waals surface area contributed by atoms with Crippen LogP contribution in [-0.4, -0.2) is 18.6 Å². The average molecular weight is 339 g/mol. The standard InChI is InChI=1S/C22H29NO2/c1-15-6-8-20(12-17(15)3)9-11-22(24)23-19(5)14-25-21-10-7-16(2)18(4)13-21/h6-8,10,12-13,19H,9,11,14H2,1-5H3,(H,23,24)/t19-/m1/s1. The van der Waals surface area contributed by atoms with E-state index >= 15 is 0 Å². The maximum absolute atomic E-state index is 12.1. The first-order chi connectivity index (χ1) is 11.8. The summed E-state index contributed by atoms with van der Waals surface area (Å²) in [6, 6.07) is 12.4. The first kappa shape index (κ1) is 19.0. The van der Waals surface area contributed by atoms with Gasteiger partial charge in [0.2, 0.25) is 5.91 Å². The maximum atomic E-state index is 12.1. The summed E-state index contributed by atoms with van der Waals surface area (Å²) >= 11 is 0. The molecular formula is C22H29NO2. The highest BCUT2D eigenvalue weighted by molar-refractivity contribution is 5.76. The summed E-state index contributed by atoms with van der Waals surface area (Å²) in [5, 5.41) is 3.01. The lowest BCUT2D eigenvalue weighted by atomic mass is 10.0. The van der Waals surface area contributed by atoms with E-state index in [1.54, 1.807) is 0 Å². The second kappa shape index (κ2) is 8.70. The van der Waals surface area contributed by atoms with E-state index in [1.807, 2.05) is 19.1 Å². The van der Waals surface area contributed by atoms with E-state index in [9.17, 15) is 4.79 Å². The molecule has 0 saturated heterocycles. The van der Waals surface area contributed by atoms with Crippen LogP contribution in [0.15, 0.2) is 36.4 Å². The van der Waals surface area contributed by atoms with Gasteiger partial charge in [0.25, 0.3) is 0 Å². The van der Waals surface area contributed by atoms with Gasteiger partial charge < -0.3 is 10.1 Å². The molecule has 2 aromatic rings. The van der Waals surface area contributed by atoms with E-state index in [0.29, 0.717) is 13.0 Å². The Labute approximate surface area is 151 Å². The van der Waals surface area contributed by atoms with E-state index in [1.165, 1.54) is 27.8 Å². The molecule has 134 valence electrons. The summed E-state index contributed by atoms with van der Waals surface area (Å²) < 4.78 is 5.78. The van der Waals surface area contributed by atoms with Gasteiger partial charge in [0, 0.05) is 6.42 Å². The van der Waals surface area contributed by atoms with Crippen LogP contribution < -0.4 is 10.1 Å². The Kier molecular flexibility index (Phi) is 6.63. The van der Waals surface area contributed by atoms with Crippen molar-refractivity contribution in [3.63, 3.8) is 0 Å². The SMILES string of the molecule is Cc1ccc(CCC(=O)N[C@H](C)COc2ccc(C)c(C)c2)cc1C. The smallest absolute Gasteiger partial charge is 0.220 e. The second-order valence-corrected chi connectivity index (χ2v) is 6.94. The number of nitrogens with one attached hydrogen (secondary N) is 1. The number of benzene rings is 2. The van der Waals surface area contributed by atoms with Crippen molar-refractivity contribution >= 4 is 5.91 Å². The van der Waals surface area contributed by atoms with Crippen LogP contribution in [0.1, 0.15) is 41.2 Å². The minimum Gasteiger partial charge on any atom is -0.491 e. The summed E-state index contributed by atoms with van der Waals surface area (Å²) in [6.45, 7) is 10.8. The quantitative estimate of drug-likeness (QED) is 0.810. The molecule has 0 heterocycles. The largest absolute Gasteiger partial charge is 0.491 e. The van der Waals surface area contributed by atoms with Crippen molar-refractivity contribution in [2.45, 2.75) is 53.5 Å². The van der Waals surface area contributed by atoms with Crippen LogP contribution in [0, 0.1) is 27.7 Å². The molecule has 0 radical (unpaired) electrons. The van der Waals surface area contributed by atoms with Gasteiger partial charge in [-0.2, -0.15) is 0 Å². The average Bonchev–Trinajstić information content (AvgIpc) is 2.57. The molecule has 0 aliphatic rings. The van der Waals surface area contributed by atoms with Gasteiger partial charge >= 0.3 is 0 Å². The van der Waals surface area contributed by atoms with Crippen molar-refractivity contribution in [1.29, 1.82) is 0 Å². The number of carbonyl (C=O) groups excluding carboxylic acids is 1. The summed E-state index contributed by atoms with van der Waals surface area (Å²) in [7, 11) is 0. The molecule has 0 spiro atoms. The summed E-state index contributed by atoms with van der Waals surface area (Å²) in [5.74, 6) is 0.911. The van der Waals surface area contributed by atoms with Gasteiger partial charge in [-0.05, 0) is 81.0 Å². The lowest BCUT2D eigenvalue weighted by Crippen LogP contribution is -2.36. The monoisotopic (exact) mass is 339 g/mol. The van der Waals surface area contributed by atoms with Gasteiger partial charge in [0.1, 0.15) is 12.4 Å². The predicted molar refractivity (Wildman–Crippen MR) is 103 cm³/mol. The fourth-order valence-corrected chi connectivity index (χ4v) is 2.63. The maximum Gasteiger partial charge on any atom is 0.220 e. The van der Waals surface area contributed by atoms with Crippen LogP contribution in [0.5, 0.6) is 5.75 Å². The molecule has 25 heavy (non-hydrogen) atoms. The molecule has 0 aromatic heterocycles. The first-order valence-corrected chi connectivity index (χ1v) is 8.90. The molecule has 0 bridgehead atoms. The number of hydrogen-bond acceptors (Lipinski definition) is 2. The highest BCUT2D eigenvalue weighted by atomic mass is 16.5. The fourth-order valence-electron chi connectivity index (χ4n) is 2.63. The van der Waals surface area contributed by atoms with Crippen molar-refractivity contribution in [1.82, 2.24) is 5.32 Å². The molecule has 0 fully saturated rings. The molecule has 2 aromatic carbocycles. The summed E-state index contributed by atoms with van der Waals surface area (Å²) in [4.78, 5) is 12.1. The van der Waals surface area contributed by atoms with Crippen LogP contribution in [0.4, 0.5) is 0 Å². The van der Waals surface area contributed by atoms with Gasteiger partial charge in [-0.3, -0.25) is 4.79 Å². The number of carbonyl (C=O) groups is 1. The third-order valence-electron chi connectivity index (χ3n) is 4.60. The molecule has 2 rings (SSSR count). The molecule has 1 N–H and O–H groups in total. The van der Waals surface area contributed by atoms with Crippen LogP contribution in [0.2, 0.25) is 0 Å². The molecule has 0 unspecified atom stereocenters. The Morgan fingerprint density at radius 2 is 1.60 bits per heavy atom. The fraction of sp³-hybridized carbons (Fsp3) is 0.409. The van der Waals surface area contributed by atoms with Crippen molar-refractivity contribution in [3.8, 4) is 5.75 Å². The van der Waals surface area contributed by atoms with Gasteiger partial charge in [-0.1, -0.05) is 24.3 Å². The minimum atomic E-state index is -0.0196. The normalized spacial score (nSPS) is 11.9. The number of rotatable bonds is 7. The Hall–Kier alpha value is -2.29. The van der Waals surface area contributed by atoms with Gasteiger partial charge in [-0.15, -0.1) is 0 Å². The van der Waals surface area contributed by atoms with E-state index in [4.69, 9.17) is 4.74 Å². The van der Waals surface area contributed by atoms with Crippen LogP contribution in [0.3, 0.4) is 0 Å². The summed E-state index contributed by atoms with van der Waals surface area (Å²) in [6.07, 6.45) is 1.26. The highest BCUT2D eigenvalue weighted by Gasteiger charge is 2.09. The molecule has 1 atom stereocenters. The van der Waals surface area contributed by atoms with E-state index in [-0.39, 0.29) is 11.9 Å². The predicted octanol–water partition coefficient (Wildman–Crippen LogP) is 4.44. The molecule has 0 aliphatic heterocycles. The van der Waals surface area contributed by atoms with Crippen LogP contribution in [0.25, 0.3) is 0 Å². The molecular weight excluding hydrogens is 310 g/mol. The van der Waals surface area contributed by atoms with Crippen LogP contribution in [-0.2, 0) is 11.2 Å². The zero-order valence-corrected chi connectivity index (χ0v) is 16.0. The highest BCUT2D eigenvalue weighted by Crippen LogP contribution is 2.16. The molecule has 3 nitrogen and oxygen atoms in total.